The van der Waals surface area contributed by atoms with Crippen LogP contribution in [0.25, 0.3) is 10.9 Å². The van der Waals surface area contributed by atoms with Crippen molar-refractivity contribution in [3.63, 3.8) is 0 Å². The monoisotopic (exact) mass is 269 g/mol. The van der Waals surface area contributed by atoms with Crippen LogP contribution in [0.15, 0.2) is 47.2 Å². The third-order valence-corrected chi connectivity index (χ3v) is 3.27. The van der Waals surface area contributed by atoms with Gasteiger partial charge in [-0.2, -0.15) is 0 Å². The van der Waals surface area contributed by atoms with E-state index in [1.807, 2.05) is 19.1 Å². The molecule has 1 atom stereocenters. The first kappa shape index (κ1) is 12.3. The highest BCUT2D eigenvalue weighted by Crippen LogP contribution is 2.22. The van der Waals surface area contributed by atoms with Crippen molar-refractivity contribution in [2.24, 2.45) is 0 Å². The maximum atomic E-state index is 12.3. The fourth-order valence-electron chi connectivity index (χ4n) is 2.21. The smallest absolute Gasteiger partial charge is 0.254 e. The van der Waals surface area contributed by atoms with Crippen LogP contribution in [-0.2, 0) is 0 Å². The highest BCUT2D eigenvalue weighted by molar-refractivity contribution is 6.07. The lowest BCUT2D eigenvalue weighted by Crippen LogP contribution is -2.26. The summed E-state index contributed by atoms with van der Waals surface area (Å²) in [5, 5.41) is 3.72. The van der Waals surface area contributed by atoms with Crippen LogP contribution in [0.2, 0.25) is 0 Å². The minimum Gasteiger partial charge on any atom is -0.467 e. The van der Waals surface area contributed by atoms with Gasteiger partial charge in [0.2, 0.25) is 0 Å². The minimum absolute atomic E-state index is 0.161. The number of hydrogen-bond acceptors (Lipinski definition) is 3. The molecule has 0 radical (unpaired) electrons. The predicted octanol–water partition coefficient (Wildman–Crippen LogP) is 2.83. The van der Waals surface area contributed by atoms with Gasteiger partial charge in [-0.25, -0.2) is 0 Å². The number of benzene rings is 1. The second kappa shape index (κ2) is 4.77. The molecule has 2 aromatic heterocycles. The molecule has 0 aliphatic heterocycles. The summed E-state index contributed by atoms with van der Waals surface area (Å²) in [4.78, 5) is 15.4. The number of anilines is 1. The Labute approximate surface area is 115 Å². The molecular weight excluding hydrogens is 254 g/mol. The second-order valence-electron chi connectivity index (χ2n) is 4.72. The molecule has 5 heteroatoms. The van der Waals surface area contributed by atoms with E-state index in [1.54, 1.807) is 30.7 Å². The normalized spacial score (nSPS) is 12.4. The van der Waals surface area contributed by atoms with Crippen molar-refractivity contribution < 1.29 is 9.21 Å². The van der Waals surface area contributed by atoms with Crippen molar-refractivity contribution in [3.05, 3.63) is 54.1 Å². The quantitative estimate of drug-likeness (QED) is 0.639. The number of H-pyrrole nitrogens is 1. The third kappa shape index (κ3) is 2.14. The SMILES string of the molecule is CC(NC(=O)c1c[nH]c2ccc(N)cc12)c1ccco1. The van der Waals surface area contributed by atoms with Gasteiger partial charge in [0.05, 0.1) is 17.9 Å². The molecule has 0 fully saturated rings. The Balaban J connectivity index is 1.87. The molecule has 5 nitrogen and oxygen atoms in total. The number of nitrogens with one attached hydrogen (secondary N) is 2. The molecule has 1 unspecified atom stereocenters. The average Bonchev–Trinajstić information content (AvgIpc) is 3.07. The largest absolute Gasteiger partial charge is 0.467 e. The summed E-state index contributed by atoms with van der Waals surface area (Å²) >= 11 is 0. The third-order valence-electron chi connectivity index (χ3n) is 3.27. The van der Waals surface area contributed by atoms with E-state index in [2.05, 4.69) is 10.3 Å². The summed E-state index contributed by atoms with van der Waals surface area (Å²) < 4.78 is 5.28. The Bertz CT molecular complexity index is 744. The summed E-state index contributed by atoms with van der Waals surface area (Å²) in [5.74, 6) is 0.559. The van der Waals surface area contributed by atoms with E-state index in [-0.39, 0.29) is 11.9 Å². The van der Waals surface area contributed by atoms with Gasteiger partial charge < -0.3 is 20.5 Å². The van der Waals surface area contributed by atoms with Gasteiger partial charge in [-0.15, -0.1) is 0 Å². The standard InChI is InChI=1S/C15H15N3O2/c1-9(14-3-2-6-20-14)18-15(19)12-8-17-13-5-4-10(16)7-11(12)13/h2-9,17H,16H2,1H3,(H,18,19). The van der Waals surface area contributed by atoms with Crippen LogP contribution in [0.1, 0.15) is 29.1 Å². The summed E-state index contributed by atoms with van der Waals surface area (Å²) in [6.45, 7) is 1.87. The molecule has 20 heavy (non-hydrogen) atoms. The summed E-state index contributed by atoms with van der Waals surface area (Å²) in [7, 11) is 0. The van der Waals surface area contributed by atoms with Crippen molar-refractivity contribution in [1.82, 2.24) is 10.3 Å². The minimum atomic E-state index is -0.191. The summed E-state index contributed by atoms with van der Waals surface area (Å²) in [6, 6.07) is 8.88. The Morgan fingerprint density at radius 2 is 2.25 bits per heavy atom. The number of rotatable bonds is 3. The van der Waals surface area contributed by atoms with E-state index >= 15 is 0 Å². The number of fused-ring (bicyclic) bond motifs is 1. The Morgan fingerprint density at radius 1 is 1.40 bits per heavy atom. The lowest BCUT2D eigenvalue weighted by Gasteiger charge is -2.10. The van der Waals surface area contributed by atoms with Gasteiger partial charge >= 0.3 is 0 Å². The van der Waals surface area contributed by atoms with Crippen LogP contribution in [0.4, 0.5) is 5.69 Å². The van der Waals surface area contributed by atoms with Crippen LogP contribution in [0, 0.1) is 0 Å². The number of nitrogens with two attached hydrogens (primary N) is 1. The van der Waals surface area contributed by atoms with E-state index in [1.165, 1.54) is 0 Å². The first-order valence-corrected chi connectivity index (χ1v) is 6.36. The molecule has 2 heterocycles. The molecule has 0 spiro atoms. The molecule has 0 aliphatic carbocycles. The molecular formula is C15H15N3O2. The molecule has 1 amide bonds. The number of carbonyl (C=O) groups is 1. The molecule has 3 rings (SSSR count). The van der Waals surface area contributed by atoms with Gasteiger partial charge in [0.15, 0.2) is 0 Å². The Kier molecular flexibility index (Phi) is 2.95. The molecule has 0 saturated heterocycles. The Morgan fingerprint density at radius 3 is 3.00 bits per heavy atom. The molecule has 0 aliphatic rings. The van der Waals surface area contributed by atoms with Gasteiger partial charge in [-0.3, -0.25) is 4.79 Å². The first-order chi connectivity index (χ1) is 9.65. The average molecular weight is 269 g/mol. The summed E-state index contributed by atoms with van der Waals surface area (Å²) in [6.07, 6.45) is 3.28. The van der Waals surface area contributed by atoms with Crippen molar-refractivity contribution in [2.45, 2.75) is 13.0 Å². The Hall–Kier alpha value is -2.69. The zero-order valence-electron chi connectivity index (χ0n) is 11.0. The van der Waals surface area contributed by atoms with Crippen LogP contribution in [-0.4, -0.2) is 10.9 Å². The fraction of sp³-hybridized carbons (Fsp3) is 0.133. The predicted molar refractivity (Wildman–Crippen MR) is 77.3 cm³/mol. The molecule has 3 aromatic rings. The van der Waals surface area contributed by atoms with E-state index in [4.69, 9.17) is 10.2 Å². The molecule has 102 valence electrons. The van der Waals surface area contributed by atoms with Crippen molar-refractivity contribution in [1.29, 1.82) is 0 Å². The van der Waals surface area contributed by atoms with Crippen molar-refractivity contribution in [2.75, 3.05) is 5.73 Å². The van der Waals surface area contributed by atoms with Crippen LogP contribution in [0.5, 0.6) is 0 Å². The zero-order valence-corrected chi connectivity index (χ0v) is 11.0. The van der Waals surface area contributed by atoms with E-state index in [0.29, 0.717) is 11.3 Å². The van der Waals surface area contributed by atoms with Crippen LogP contribution < -0.4 is 11.1 Å². The summed E-state index contributed by atoms with van der Waals surface area (Å²) in [5.41, 5.74) is 7.86. The molecule has 1 aromatic carbocycles. The van der Waals surface area contributed by atoms with Gasteiger partial charge in [-0.1, -0.05) is 0 Å². The van der Waals surface area contributed by atoms with Crippen molar-refractivity contribution in [3.8, 4) is 0 Å². The van der Waals surface area contributed by atoms with Gasteiger partial charge in [-0.05, 0) is 37.3 Å². The highest BCUT2D eigenvalue weighted by Gasteiger charge is 2.16. The number of carbonyl (C=O) groups excluding carboxylic acids is 1. The number of amides is 1. The molecule has 4 N–H and O–H groups in total. The number of aromatic amines is 1. The number of nitrogen functional groups attached to an aromatic ring is 1. The maximum absolute atomic E-state index is 12.3. The molecule has 0 bridgehead atoms. The van der Waals surface area contributed by atoms with E-state index < -0.39 is 0 Å². The lowest BCUT2D eigenvalue weighted by molar-refractivity contribution is 0.0937. The number of furan rings is 1. The number of aromatic nitrogens is 1. The zero-order chi connectivity index (χ0) is 14.1. The van der Waals surface area contributed by atoms with Crippen molar-refractivity contribution >= 4 is 22.5 Å². The van der Waals surface area contributed by atoms with Gasteiger partial charge in [0.1, 0.15) is 5.76 Å². The van der Waals surface area contributed by atoms with E-state index in [9.17, 15) is 4.79 Å². The highest BCUT2D eigenvalue weighted by atomic mass is 16.3. The van der Waals surface area contributed by atoms with Gasteiger partial charge in [0.25, 0.3) is 5.91 Å². The first-order valence-electron chi connectivity index (χ1n) is 6.36. The van der Waals surface area contributed by atoms with Crippen LogP contribution in [0.3, 0.4) is 0 Å². The fourth-order valence-corrected chi connectivity index (χ4v) is 2.21. The second-order valence-corrected chi connectivity index (χ2v) is 4.72. The van der Waals surface area contributed by atoms with Gasteiger partial charge in [0, 0.05) is 22.8 Å². The van der Waals surface area contributed by atoms with E-state index in [0.717, 1.165) is 16.7 Å². The maximum Gasteiger partial charge on any atom is 0.254 e. The topological polar surface area (TPSA) is 84.0 Å². The number of hydrogen-bond donors (Lipinski definition) is 3. The lowest BCUT2D eigenvalue weighted by atomic mass is 10.1. The van der Waals surface area contributed by atoms with Crippen LogP contribution >= 0.6 is 0 Å². The molecule has 0 saturated carbocycles.